The minimum absolute atomic E-state index is 0.0413. The van der Waals surface area contributed by atoms with E-state index in [0.29, 0.717) is 16.3 Å². The van der Waals surface area contributed by atoms with Gasteiger partial charge in [-0.2, -0.15) is 0 Å². The van der Waals surface area contributed by atoms with Crippen molar-refractivity contribution in [3.05, 3.63) is 35.3 Å². The van der Waals surface area contributed by atoms with E-state index in [-0.39, 0.29) is 18.6 Å². The maximum Gasteiger partial charge on any atom is 0.573 e. The van der Waals surface area contributed by atoms with E-state index in [9.17, 15) is 18.0 Å². The zero-order valence-electron chi connectivity index (χ0n) is 10.6. The number of hydrogen-bond donors (Lipinski definition) is 1. The van der Waals surface area contributed by atoms with Crippen LogP contribution in [-0.2, 0) is 11.2 Å². The first-order chi connectivity index (χ1) is 9.83. The first kappa shape index (κ1) is 15.3. The van der Waals surface area contributed by atoms with Gasteiger partial charge < -0.3 is 9.84 Å². The van der Waals surface area contributed by atoms with Crippen molar-refractivity contribution in [1.82, 2.24) is 4.98 Å². The van der Waals surface area contributed by atoms with E-state index in [1.807, 2.05) is 0 Å². The lowest BCUT2D eigenvalue weighted by Gasteiger charge is -2.09. The van der Waals surface area contributed by atoms with Gasteiger partial charge in [0.1, 0.15) is 10.8 Å². The second kappa shape index (κ2) is 6.13. The van der Waals surface area contributed by atoms with Crippen LogP contribution in [0.25, 0.3) is 10.6 Å². The molecule has 0 bridgehead atoms. The largest absolute Gasteiger partial charge is 0.573 e. The van der Waals surface area contributed by atoms with Gasteiger partial charge in [0.2, 0.25) is 0 Å². The normalized spacial score (nSPS) is 11.4. The number of thiazole rings is 1. The van der Waals surface area contributed by atoms with Gasteiger partial charge in [-0.15, -0.1) is 24.5 Å². The quantitative estimate of drug-likeness (QED) is 0.913. The Bertz CT molecular complexity index is 640. The number of rotatable bonds is 5. The molecule has 112 valence electrons. The molecule has 0 aliphatic heterocycles. The summed E-state index contributed by atoms with van der Waals surface area (Å²) in [5.74, 6) is -1.24. The van der Waals surface area contributed by atoms with Gasteiger partial charge >= 0.3 is 12.3 Å². The number of carboxylic acid groups (broad SMARTS) is 1. The van der Waals surface area contributed by atoms with Crippen LogP contribution in [0.1, 0.15) is 12.1 Å². The standard InChI is InChI=1S/C13H10F3NO3S/c14-13(15,16)20-10-3-1-2-8(6-10)12-17-9(7-21-12)4-5-11(18)19/h1-3,6-7H,4-5H2,(H,18,19). The lowest BCUT2D eigenvalue weighted by atomic mass is 10.2. The predicted octanol–water partition coefficient (Wildman–Crippen LogP) is 3.73. The maximum absolute atomic E-state index is 12.2. The van der Waals surface area contributed by atoms with Gasteiger partial charge in [0.15, 0.2) is 0 Å². The first-order valence-corrected chi connectivity index (χ1v) is 6.74. The molecule has 0 unspecified atom stereocenters. The molecule has 1 aromatic carbocycles. The van der Waals surface area contributed by atoms with Gasteiger partial charge in [0.05, 0.1) is 12.1 Å². The highest BCUT2D eigenvalue weighted by atomic mass is 32.1. The number of carbonyl (C=O) groups is 1. The highest BCUT2D eigenvalue weighted by Gasteiger charge is 2.31. The molecule has 0 fully saturated rings. The highest BCUT2D eigenvalue weighted by Crippen LogP contribution is 2.29. The summed E-state index contributed by atoms with van der Waals surface area (Å²) in [4.78, 5) is 14.7. The zero-order chi connectivity index (χ0) is 15.5. The van der Waals surface area contributed by atoms with Crippen LogP contribution < -0.4 is 4.74 Å². The van der Waals surface area contributed by atoms with E-state index in [0.717, 1.165) is 0 Å². The lowest BCUT2D eigenvalue weighted by Crippen LogP contribution is -2.17. The zero-order valence-corrected chi connectivity index (χ0v) is 11.4. The number of alkyl halides is 3. The average Bonchev–Trinajstić information content (AvgIpc) is 2.83. The van der Waals surface area contributed by atoms with Crippen molar-refractivity contribution >= 4 is 17.3 Å². The molecule has 0 amide bonds. The second-order valence-electron chi connectivity index (χ2n) is 4.11. The van der Waals surface area contributed by atoms with Gasteiger partial charge in [-0.1, -0.05) is 12.1 Å². The van der Waals surface area contributed by atoms with Gasteiger partial charge in [-0.3, -0.25) is 4.79 Å². The molecule has 0 atom stereocenters. The van der Waals surface area contributed by atoms with E-state index < -0.39 is 12.3 Å². The Morgan fingerprint density at radius 2 is 2.14 bits per heavy atom. The molecule has 0 aliphatic rings. The molecule has 1 heterocycles. The summed E-state index contributed by atoms with van der Waals surface area (Å²) >= 11 is 1.24. The number of nitrogens with zero attached hydrogens (tertiary/aromatic N) is 1. The molecule has 21 heavy (non-hydrogen) atoms. The molecular formula is C13H10F3NO3S. The predicted molar refractivity (Wildman–Crippen MR) is 70.2 cm³/mol. The Hall–Kier alpha value is -2.09. The van der Waals surface area contributed by atoms with Crippen LogP contribution in [0.5, 0.6) is 5.75 Å². The van der Waals surface area contributed by atoms with Crippen molar-refractivity contribution < 1.29 is 27.8 Å². The smallest absolute Gasteiger partial charge is 0.481 e. The Kier molecular flexibility index (Phi) is 4.46. The molecule has 4 nitrogen and oxygen atoms in total. The maximum atomic E-state index is 12.2. The molecule has 1 N–H and O–H groups in total. The van der Waals surface area contributed by atoms with Crippen LogP contribution in [0.2, 0.25) is 0 Å². The molecule has 1 aromatic heterocycles. The van der Waals surface area contributed by atoms with Crippen molar-refractivity contribution in [2.45, 2.75) is 19.2 Å². The fraction of sp³-hybridized carbons (Fsp3) is 0.231. The number of ether oxygens (including phenoxy) is 1. The minimum Gasteiger partial charge on any atom is -0.481 e. The van der Waals surface area contributed by atoms with Gasteiger partial charge in [-0.25, -0.2) is 4.98 Å². The summed E-state index contributed by atoms with van der Waals surface area (Å²) in [6.07, 6.45) is -4.50. The second-order valence-corrected chi connectivity index (χ2v) is 4.97. The van der Waals surface area contributed by atoms with E-state index in [4.69, 9.17) is 5.11 Å². The molecule has 2 rings (SSSR count). The van der Waals surface area contributed by atoms with Crippen LogP contribution in [0.4, 0.5) is 13.2 Å². The molecule has 0 spiro atoms. The van der Waals surface area contributed by atoms with Gasteiger partial charge in [0, 0.05) is 17.4 Å². The number of hydrogen-bond acceptors (Lipinski definition) is 4. The fourth-order valence-electron chi connectivity index (χ4n) is 1.62. The van der Waals surface area contributed by atoms with Crippen LogP contribution in [0.15, 0.2) is 29.6 Å². The van der Waals surface area contributed by atoms with Crippen molar-refractivity contribution in [2.24, 2.45) is 0 Å². The first-order valence-electron chi connectivity index (χ1n) is 5.86. The molecule has 8 heteroatoms. The summed E-state index contributed by atoms with van der Waals surface area (Å²) in [6.45, 7) is 0. The van der Waals surface area contributed by atoms with Crippen LogP contribution in [0.3, 0.4) is 0 Å². The molecule has 0 saturated carbocycles. The summed E-state index contributed by atoms with van der Waals surface area (Å²) in [5.41, 5.74) is 1.09. The highest BCUT2D eigenvalue weighted by molar-refractivity contribution is 7.13. The molecule has 0 saturated heterocycles. The SMILES string of the molecule is O=C(O)CCc1csc(-c2cccc(OC(F)(F)F)c2)n1. The fourth-order valence-corrected chi connectivity index (χ4v) is 2.47. The van der Waals surface area contributed by atoms with Crippen molar-refractivity contribution in [3.8, 4) is 16.3 Å². The van der Waals surface area contributed by atoms with Crippen molar-refractivity contribution in [1.29, 1.82) is 0 Å². The monoisotopic (exact) mass is 317 g/mol. The van der Waals surface area contributed by atoms with E-state index in [2.05, 4.69) is 9.72 Å². The minimum atomic E-state index is -4.74. The van der Waals surface area contributed by atoms with E-state index in [1.165, 1.54) is 29.5 Å². The summed E-state index contributed by atoms with van der Waals surface area (Å²) < 4.78 is 40.3. The number of carboxylic acids is 1. The average molecular weight is 317 g/mol. The number of benzene rings is 1. The third-order valence-corrected chi connectivity index (χ3v) is 3.40. The van der Waals surface area contributed by atoms with Crippen molar-refractivity contribution in [3.63, 3.8) is 0 Å². The van der Waals surface area contributed by atoms with Gasteiger partial charge in [-0.05, 0) is 12.1 Å². The third kappa shape index (κ3) is 4.75. The summed E-state index contributed by atoms with van der Waals surface area (Å²) in [6, 6.07) is 5.50. The van der Waals surface area contributed by atoms with E-state index >= 15 is 0 Å². The topological polar surface area (TPSA) is 59.4 Å². The number of aromatic nitrogens is 1. The van der Waals surface area contributed by atoms with E-state index in [1.54, 1.807) is 11.4 Å². The van der Waals surface area contributed by atoms with Crippen molar-refractivity contribution in [2.75, 3.05) is 0 Å². The Labute approximate surface area is 121 Å². The lowest BCUT2D eigenvalue weighted by molar-refractivity contribution is -0.274. The number of aryl methyl sites for hydroxylation is 1. The van der Waals surface area contributed by atoms with Crippen LogP contribution >= 0.6 is 11.3 Å². The molecular weight excluding hydrogens is 307 g/mol. The Balaban J connectivity index is 2.15. The molecule has 2 aromatic rings. The van der Waals surface area contributed by atoms with Crippen LogP contribution in [-0.4, -0.2) is 22.4 Å². The Morgan fingerprint density at radius 3 is 2.81 bits per heavy atom. The molecule has 0 aliphatic carbocycles. The number of halogens is 3. The summed E-state index contributed by atoms with van der Waals surface area (Å²) in [7, 11) is 0. The molecule has 0 radical (unpaired) electrons. The summed E-state index contributed by atoms with van der Waals surface area (Å²) in [5, 5.41) is 10.8. The van der Waals surface area contributed by atoms with Gasteiger partial charge in [0.25, 0.3) is 0 Å². The Morgan fingerprint density at radius 1 is 1.38 bits per heavy atom. The third-order valence-electron chi connectivity index (χ3n) is 2.46. The van der Waals surface area contributed by atoms with Crippen LogP contribution in [0, 0.1) is 0 Å². The number of aliphatic carboxylic acids is 1.